The van der Waals surface area contributed by atoms with Crippen LogP contribution in [0.15, 0.2) is 0 Å². The molecule has 24 heavy (non-hydrogen) atoms. The molecule has 0 saturated carbocycles. The third-order valence-electron chi connectivity index (χ3n) is 3.24. The summed E-state index contributed by atoms with van der Waals surface area (Å²) < 4.78 is 38.0. The van der Waals surface area contributed by atoms with E-state index in [1.165, 1.54) is 0 Å². The second-order valence-corrected chi connectivity index (χ2v) is 6.81. The Morgan fingerprint density at radius 2 is 1.58 bits per heavy atom. The summed E-state index contributed by atoms with van der Waals surface area (Å²) in [5, 5.41) is 8.25. The first-order chi connectivity index (χ1) is 10.2. The Morgan fingerprint density at radius 1 is 1.00 bits per heavy atom. The smallest absolute Gasteiger partial charge is 0.747 e. The van der Waals surface area contributed by atoms with Gasteiger partial charge in [-0.1, -0.05) is 39.5 Å². The van der Waals surface area contributed by atoms with Crippen molar-refractivity contribution in [3.05, 3.63) is 0 Å². The summed E-state index contributed by atoms with van der Waals surface area (Å²) in [6, 6.07) is 0. The molecule has 2 atom stereocenters. The molecule has 0 aromatic rings. The van der Waals surface area contributed by atoms with E-state index in [1.54, 1.807) is 0 Å². The standard InChI is InChI=1S/C14H26O7S.2Na/c1-3-5-6-7-9-11(8-4-2)21-14(17)12(10-13(15)16)22(18,19)20;;/h11-12H,3-10H2,1-2H3,(H,15,16)(H,18,19,20);;/q;2*+1/p-2. The molecule has 0 aliphatic heterocycles. The number of carboxylic acid groups (broad SMARTS) is 1. The SMILES string of the molecule is CCCCCCC(CCC)OC(=O)C(CC(=O)[O-])S(=O)(=O)[O-].[Na+].[Na+]. The van der Waals surface area contributed by atoms with Gasteiger partial charge in [0.25, 0.3) is 0 Å². The Morgan fingerprint density at radius 3 is 2.00 bits per heavy atom. The van der Waals surface area contributed by atoms with Gasteiger partial charge in [-0.2, -0.15) is 0 Å². The van der Waals surface area contributed by atoms with Gasteiger partial charge in [0, 0.05) is 12.4 Å². The number of rotatable bonds is 12. The minimum absolute atomic E-state index is 0. The summed E-state index contributed by atoms with van der Waals surface area (Å²) in [5.74, 6) is -3.08. The van der Waals surface area contributed by atoms with Gasteiger partial charge in [-0.3, -0.25) is 4.79 Å². The average molecular weight is 382 g/mol. The van der Waals surface area contributed by atoms with Crippen LogP contribution in [0.1, 0.15) is 65.2 Å². The van der Waals surface area contributed by atoms with E-state index in [9.17, 15) is 27.7 Å². The van der Waals surface area contributed by atoms with Gasteiger partial charge in [0.15, 0.2) is 5.25 Å². The molecular formula is C14H24Na2O7S. The minimum atomic E-state index is -5.09. The summed E-state index contributed by atoms with van der Waals surface area (Å²) in [5.41, 5.74) is 0. The molecule has 0 spiro atoms. The van der Waals surface area contributed by atoms with Crippen LogP contribution in [0.5, 0.6) is 0 Å². The van der Waals surface area contributed by atoms with E-state index < -0.39 is 39.8 Å². The number of unbranched alkanes of at least 4 members (excludes halogenated alkanes) is 3. The zero-order valence-electron chi connectivity index (χ0n) is 15.1. The quantitative estimate of drug-likeness (QED) is 0.143. The van der Waals surface area contributed by atoms with Crippen LogP contribution in [0.25, 0.3) is 0 Å². The van der Waals surface area contributed by atoms with Crippen molar-refractivity contribution < 1.29 is 91.5 Å². The van der Waals surface area contributed by atoms with Gasteiger partial charge in [-0.05, 0) is 19.3 Å². The van der Waals surface area contributed by atoms with E-state index in [2.05, 4.69) is 6.92 Å². The molecular weight excluding hydrogens is 358 g/mol. The topological polar surface area (TPSA) is 124 Å². The number of carbonyl (C=O) groups is 2. The average Bonchev–Trinajstić information content (AvgIpc) is 2.39. The molecule has 0 rings (SSSR count). The van der Waals surface area contributed by atoms with Crippen molar-refractivity contribution in [2.24, 2.45) is 0 Å². The number of esters is 1. The summed E-state index contributed by atoms with van der Waals surface area (Å²) in [4.78, 5) is 22.3. The van der Waals surface area contributed by atoms with Crippen molar-refractivity contribution in [1.29, 1.82) is 0 Å². The van der Waals surface area contributed by atoms with Crippen molar-refractivity contribution in [2.75, 3.05) is 0 Å². The maximum atomic E-state index is 11.8. The summed E-state index contributed by atoms with van der Waals surface area (Å²) >= 11 is 0. The Hall–Kier alpha value is 0.850. The Kier molecular flexibility index (Phi) is 19.8. The molecule has 0 radical (unpaired) electrons. The molecule has 0 aliphatic rings. The van der Waals surface area contributed by atoms with Gasteiger partial charge >= 0.3 is 65.1 Å². The van der Waals surface area contributed by atoms with E-state index in [-0.39, 0.29) is 59.1 Å². The van der Waals surface area contributed by atoms with Gasteiger partial charge in [-0.25, -0.2) is 8.42 Å². The fraction of sp³-hybridized carbons (Fsp3) is 0.857. The predicted molar refractivity (Wildman–Crippen MR) is 76.7 cm³/mol. The number of hydrogen-bond acceptors (Lipinski definition) is 7. The predicted octanol–water partition coefficient (Wildman–Crippen LogP) is -5.27. The third-order valence-corrected chi connectivity index (χ3v) is 4.29. The Labute approximate surface area is 188 Å². The largest absolute Gasteiger partial charge is 1.00 e. The number of hydrogen-bond donors (Lipinski definition) is 0. The fourth-order valence-corrected chi connectivity index (χ4v) is 2.71. The number of carbonyl (C=O) groups excluding carboxylic acids is 2. The van der Waals surface area contributed by atoms with Crippen LogP contribution < -0.4 is 64.2 Å². The van der Waals surface area contributed by atoms with Crippen molar-refractivity contribution in [3.63, 3.8) is 0 Å². The molecule has 0 amide bonds. The Bertz CT molecular complexity index is 454. The number of carboxylic acids is 1. The molecule has 0 aromatic heterocycles. The van der Waals surface area contributed by atoms with Gasteiger partial charge in [-0.15, -0.1) is 0 Å². The molecule has 0 bridgehead atoms. The fourth-order valence-electron chi connectivity index (χ4n) is 2.08. The Balaban J connectivity index is -0.00000220. The zero-order valence-corrected chi connectivity index (χ0v) is 19.9. The molecule has 2 unspecified atom stereocenters. The van der Waals surface area contributed by atoms with Crippen molar-refractivity contribution in [1.82, 2.24) is 0 Å². The molecule has 130 valence electrons. The van der Waals surface area contributed by atoms with E-state index in [4.69, 9.17) is 4.74 Å². The van der Waals surface area contributed by atoms with E-state index in [0.29, 0.717) is 12.8 Å². The van der Waals surface area contributed by atoms with Crippen molar-refractivity contribution >= 4 is 22.1 Å². The summed E-state index contributed by atoms with van der Waals surface area (Å²) in [6.07, 6.45) is 4.04. The molecule has 0 aromatic carbocycles. The van der Waals surface area contributed by atoms with E-state index in [1.807, 2.05) is 6.92 Å². The van der Waals surface area contributed by atoms with Gasteiger partial charge in [0.05, 0.1) is 0 Å². The first-order valence-corrected chi connectivity index (χ1v) is 9.04. The van der Waals surface area contributed by atoms with Gasteiger partial charge in [0.2, 0.25) is 0 Å². The van der Waals surface area contributed by atoms with E-state index >= 15 is 0 Å². The zero-order chi connectivity index (χ0) is 17.2. The molecule has 10 heteroatoms. The summed E-state index contributed by atoms with van der Waals surface area (Å²) in [6.45, 7) is 3.95. The second-order valence-electron chi connectivity index (χ2n) is 5.25. The van der Waals surface area contributed by atoms with Crippen LogP contribution in [0.3, 0.4) is 0 Å². The van der Waals surface area contributed by atoms with Crippen LogP contribution in [-0.4, -0.2) is 36.3 Å². The monoisotopic (exact) mass is 382 g/mol. The first kappa shape index (κ1) is 29.6. The molecule has 0 saturated heterocycles. The normalized spacial score (nSPS) is 13.1. The maximum Gasteiger partial charge on any atom is 1.00 e. The number of aliphatic carboxylic acids is 1. The molecule has 0 fully saturated rings. The maximum absolute atomic E-state index is 11.8. The number of ether oxygens (including phenoxy) is 1. The second kappa shape index (κ2) is 16.1. The van der Waals surface area contributed by atoms with Crippen LogP contribution >= 0.6 is 0 Å². The minimum Gasteiger partial charge on any atom is -0.747 e. The van der Waals surface area contributed by atoms with Crippen LogP contribution in [-0.2, 0) is 24.4 Å². The van der Waals surface area contributed by atoms with Crippen molar-refractivity contribution in [2.45, 2.75) is 76.6 Å². The molecule has 0 N–H and O–H groups in total. The third kappa shape index (κ3) is 14.1. The molecule has 0 aliphatic carbocycles. The molecule has 7 nitrogen and oxygen atoms in total. The van der Waals surface area contributed by atoms with Crippen LogP contribution in [0.2, 0.25) is 0 Å². The summed E-state index contributed by atoms with van der Waals surface area (Å²) in [7, 11) is -5.09. The van der Waals surface area contributed by atoms with Crippen LogP contribution in [0, 0.1) is 0 Å². The van der Waals surface area contributed by atoms with Crippen LogP contribution in [0.4, 0.5) is 0 Å². The van der Waals surface area contributed by atoms with Gasteiger partial charge < -0.3 is 19.2 Å². The van der Waals surface area contributed by atoms with Gasteiger partial charge in [0.1, 0.15) is 16.2 Å². The van der Waals surface area contributed by atoms with Crippen molar-refractivity contribution in [3.8, 4) is 0 Å². The molecule has 0 heterocycles. The van der Waals surface area contributed by atoms with E-state index in [0.717, 1.165) is 32.1 Å². The first-order valence-electron chi connectivity index (χ1n) is 7.57.